The molecule has 0 aliphatic rings. The highest BCUT2D eigenvalue weighted by molar-refractivity contribution is 6.50. The lowest BCUT2D eigenvalue weighted by molar-refractivity contribution is -0.719. The predicted molar refractivity (Wildman–Crippen MR) is 50.8 cm³/mol. The summed E-state index contributed by atoms with van der Waals surface area (Å²) in [4.78, 5) is 3.03. The van der Waals surface area contributed by atoms with Crippen molar-refractivity contribution in [2.45, 2.75) is 32.7 Å². The molecular weight excluding hydrogens is 211 g/mol. The number of rotatable bonds is 3. The summed E-state index contributed by atoms with van der Waals surface area (Å²) in [6.07, 6.45) is 8.52. The zero-order valence-electron chi connectivity index (χ0n) is 8.76. The Morgan fingerprint density at radius 1 is 1.33 bits per heavy atom. The second-order valence-corrected chi connectivity index (χ2v) is 3.19. The zero-order valence-corrected chi connectivity index (χ0v) is 8.76. The summed E-state index contributed by atoms with van der Waals surface area (Å²) in [7, 11) is -6.00. The molecule has 0 bridgehead atoms. The van der Waals surface area contributed by atoms with E-state index in [0.717, 1.165) is 0 Å². The molecule has 0 aliphatic heterocycles. The topological polar surface area (TPSA) is 19.7 Å². The van der Waals surface area contributed by atoms with Gasteiger partial charge in [-0.3, -0.25) is 4.98 Å². The second kappa shape index (κ2) is 6.47. The average Bonchev–Trinajstić information content (AvgIpc) is 2.52. The van der Waals surface area contributed by atoms with Gasteiger partial charge in [0.25, 0.3) is 0 Å². The number of nitrogens with zero attached hydrogens (tertiary/aromatic N) is 1. The van der Waals surface area contributed by atoms with Crippen LogP contribution in [0, 0.1) is 0 Å². The van der Waals surface area contributed by atoms with Crippen LogP contribution >= 0.6 is 0 Å². The van der Waals surface area contributed by atoms with E-state index in [2.05, 4.69) is 29.6 Å². The molecule has 0 saturated heterocycles. The molecule has 1 heterocycles. The van der Waals surface area contributed by atoms with Crippen LogP contribution in [0.1, 0.15) is 32.7 Å². The minimum absolute atomic E-state index is 0.635. The van der Waals surface area contributed by atoms with Gasteiger partial charge in [0, 0.05) is 0 Å². The first-order chi connectivity index (χ1) is 6.84. The van der Waals surface area contributed by atoms with Gasteiger partial charge in [-0.25, -0.2) is 4.57 Å². The van der Waals surface area contributed by atoms with Gasteiger partial charge in [-0.2, -0.15) is 0 Å². The molecule has 1 atom stereocenters. The third-order valence-electron chi connectivity index (χ3n) is 1.78. The first-order valence-corrected chi connectivity index (χ1v) is 4.75. The predicted octanol–water partition coefficient (Wildman–Crippen LogP) is 2.96. The molecule has 1 N–H and O–H groups in total. The lowest BCUT2D eigenvalue weighted by atomic mass is 10.2. The van der Waals surface area contributed by atoms with Crippen molar-refractivity contribution >= 4 is 7.25 Å². The van der Waals surface area contributed by atoms with Crippen LogP contribution < -0.4 is 4.57 Å². The van der Waals surface area contributed by atoms with Crippen LogP contribution in [0.25, 0.3) is 0 Å². The maximum absolute atomic E-state index is 9.75. The Bertz CT molecular complexity index is 242. The first-order valence-electron chi connectivity index (χ1n) is 4.75. The lowest BCUT2D eigenvalue weighted by Gasteiger charge is -2.03. The molecule has 0 radical (unpaired) electrons. The molecular formula is C8H15BF4N2. The lowest BCUT2D eigenvalue weighted by Crippen LogP contribution is -2.34. The SMILES string of the molecule is CCCC(C)[n+]1cc[nH]c1.F[B-](F)(F)F. The van der Waals surface area contributed by atoms with Gasteiger partial charge in [0.05, 0.1) is 6.04 Å². The summed E-state index contributed by atoms with van der Waals surface area (Å²) in [5, 5.41) is 0. The molecule has 15 heavy (non-hydrogen) atoms. The number of halogens is 4. The van der Waals surface area contributed by atoms with Gasteiger partial charge in [0.2, 0.25) is 6.33 Å². The van der Waals surface area contributed by atoms with Crippen molar-refractivity contribution in [3.63, 3.8) is 0 Å². The van der Waals surface area contributed by atoms with E-state index in [9.17, 15) is 17.3 Å². The van der Waals surface area contributed by atoms with Gasteiger partial charge in [0.15, 0.2) is 0 Å². The van der Waals surface area contributed by atoms with Crippen LogP contribution in [0.15, 0.2) is 18.7 Å². The molecule has 7 heteroatoms. The van der Waals surface area contributed by atoms with Crippen LogP contribution in [-0.4, -0.2) is 12.2 Å². The van der Waals surface area contributed by atoms with Gasteiger partial charge in [-0.1, -0.05) is 13.3 Å². The summed E-state index contributed by atoms with van der Waals surface area (Å²) < 4.78 is 41.2. The Kier molecular flexibility index (Phi) is 6.04. The van der Waals surface area contributed by atoms with Crippen LogP contribution in [0.3, 0.4) is 0 Å². The highest BCUT2D eigenvalue weighted by Crippen LogP contribution is 2.06. The standard InChI is InChI=1S/C8H14N2.BF4/c1-3-4-8(2)10-6-5-9-7-10;2-1(3,4)5/h5-8H,3-4H2,1-2H3;/q;-1/p+1. The van der Waals surface area contributed by atoms with Crippen molar-refractivity contribution < 1.29 is 21.8 Å². The number of aromatic nitrogens is 2. The number of H-pyrrole nitrogens is 1. The minimum atomic E-state index is -6.00. The molecule has 0 aromatic carbocycles. The molecule has 1 rings (SSSR count). The Labute approximate surface area is 86.4 Å². The maximum atomic E-state index is 9.75. The van der Waals surface area contributed by atoms with Gasteiger partial charge >= 0.3 is 7.25 Å². The molecule has 1 aromatic heterocycles. The van der Waals surface area contributed by atoms with E-state index < -0.39 is 7.25 Å². The van der Waals surface area contributed by atoms with Crippen LogP contribution in [-0.2, 0) is 0 Å². The normalized spacial score (nSPS) is 12.9. The Hall–Kier alpha value is -1.01. The monoisotopic (exact) mass is 226 g/mol. The first kappa shape index (κ1) is 14.0. The Morgan fingerprint density at radius 3 is 2.20 bits per heavy atom. The van der Waals surface area contributed by atoms with Crippen LogP contribution in [0.4, 0.5) is 17.3 Å². The average molecular weight is 226 g/mol. The van der Waals surface area contributed by atoms with E-state index in [0.29, 0.717) is 6.04 Å². The van der Waals surface area contributed by atoms with Crippen molar-refractivity contribution in [3.8, 4) is 0 Å². The van der Waals surface area contributed by atoms with Gasteiger partial charge in [0.1, 0.15) is 12.4 Å². The summed E-state index contributed by atoms with van der Waals surface area (Å²) >= 11 is 0. The fraction of sp³-hybridized carbons (Fsp3) is 0.625. The highest BCUT2D eigenvalue weighted by Gasteiger charge is 2.20. The molecule has 2 nitrogen and oxygen atoms in total. The van der Waals surface area contributed by atoms with E-state index in [1.54, 1.807) is 0 Å². The second-order valence-electron chi connectivity index (χ2n) is 3.19. The van der Waals surface area contributed by atoms with Crippen molar-refractivity contribution in [2.24, 2.45) is 0 Å². The van der Waals surface area contributed by atoms with Crippen molar-refractivity contribution in [1.29, 1.82) is 0 Å². The summed E-state index contributed by atoms with van der Waals surface area (Å²) in [6, 6.07) is 0.635. The number of imidazole rings is 1. The smallest absolute Gasteiger partial charge is 0.418 e. The summed E-state index contributed by atoms with van der Waals surface area (Å²) in [5.41, 5.74) is 0. The zero-order chi connectivity index (χ0) is 11.9. The molecule has 0 aliphatic carbocycles. The van der Waals surface area contributed by atoms with E-state index in [1.165, 1.54) is 12.8 Å². The highest BCUT2D eigenvalue weighted by atomic mass is 19.5. The molecule has 88 valence electrons. The van der Waals surface area contributed by atoms with Crippen LogP contribution in [0.5, 0.6) is 0 Å². The van der Waals surface area contributed by atoms with E-state index in [1.807, 2.05) is 12.5 Å². The van der Waals surface area contributed by atoms with Crippen molar-refractivity contribution in [1.82, 2.24) is 4.98 Å². The molecule has 0 fully saturated rings. The minimum Gasteiger partial charge on any atom is -0.418 e. The molecule has 0 spiro atoms. The third-order valence-corrected chi connectivity index (χ3v) is 1.78. The fourth-order valence-electron chi connectivity index (χ4n) is 1.14. The Balaban J connectivity index is 0.000000336. The maximum Gasteiger partial charge on any atom is 0.673 e. The van der Waals surface area contributed by atoms with E-state index in [4.69, 9.17) is 0 Å². The van der Waals surface area contributed by atoms with Gasteiger partial charge in [-0.05, 0) is 13.3 Å². The largest absolute Gasteiger partial charge is 0.673 e. The summed E-state index contributed by atoms with van der Waals surface area (Å²) in [6.45, 7) is 4.45. The van der Waals surface area contributed by atoms with E-state index >= 15 is 0 Å². The fourth-order valence-corrected chi connectivity index (χ4v) is 1.14. The number of hydrogen-bond donors (Lipinski definition) is 1. The van der Waals surface area contributed by atoms with Crippen molar-refractivity contribution in [2.75, 3.05) is 0 Å². The molecule has 1 aromatic rings. The molecule has 0 saturated carbocycles. The molecule has 1 unspecified atom stereocenters. The number of nitrogens with one attached hydrogen (secondary N) is 1. The summed E-state index contributed by atoms with van der Waals surface area (Å²) in [5.74, 6) is 0. The Morgan fingerprint density at radius 2 is 1.87 bits per heavy atom. The quantitative estimate of drug-likeness (QED) is 0.464. The van der Waals surface area contributed by atoms with Crippen LogP contribution in [0.2, 0.25) is 0 Å². The number of hydrogen-bond acceptors (Lipinski definition) is 0. The number of aromatic amines is 1. The third kappa shape index (κ3) is 9.30. The molecule has 0 amide bonds. The van der Waals surface area contributed by atoms with Gasteiger partial charge in [-0.15, -0.1) is 0 Å². The van der Waals surface area contributed by atoms with Crippen molar-refractivity contribution in [3.05, 3.63) is 18.7 Å². The van der Waals surface area contributed by atoms with Gasteiger partial charge < -0.3 is 17.3 Å². The van der Waals surface area contributed by atoms with E-state index in [-0.39, 0.29) is 0 Å².